The fourth-order valence-electron chi connectivity index (χ4n) is 4.71. The third-order valence-corrected chi connectivity index (χ3v) is 7.67. The second-order valence-corrected chi connectivity index (χ2v) is 12.7. The van der Waals surface area contributed by atoms with E-state index in [-0.39, 0.29) is 11.9 Å². The molecule has 0 bridgehead atoms. The van der Waals surface area contributed by atoms with Crippen LogP contribution in [0.5, 0.6) is 0 Å². The van der Waals surface area contributed by atoms with E-state index in [1.807, 2.05) is 0 Å². The van der Waals surface area contributed by atoms with Crippen molar-refractivity contribution >= 4 is 11.9 Å². The third kappa shape index (κ3) is 25.2. The molecule has 0 saturated heterocycles. The maximum atomic E-state index is 12.0. The molecular weight excluding hydrogens is 476 g/mol. The molecule has 0 aliphatic carbocycles. The highest BCUT2D eigenvalue weighted by molar-refractivity contribution is 5.69. The second kappa shape index (κ2) is 23.7. The highest BCUT2D eigenvalue weighted by atomic mass is 16.5. The van der Waals surface area contributed by atoms with Crippen molar-refractivity contribution in [2.45, 2.75) is 129 Å². The molecule has 0 heterocycles. The van der Waals surface area contributed by atoms with Crippen molar-refractivity contribution in [3.63, 3.8) is 0 Å². The summed E-state index contributed by atoms with van der Waals surface area (Å²) in [6.45, 7) is 9.53. The minimum Gasteiger partial charge on any atom is -0.460 e. The molecule has 38 heavy (non-hydrogen) atoms. The molecule has 0 unspecified atom stereocenters. The average Bonchev–Trinajstić information content (AvgIpc) is 2.85. The summed E-state index contributed by atoms with van der Waals surface area (Å²) in [6, 6.07) is 0. The number of likely N-dealkylation sites (N-methyl/N-ethyl adjacent to an activating group) is 2. The largest absolute Gasteiger partial charge is 0.460 e. The van der Waals surface area contributed by atoms with Crippen molar-refractivity contribution in [3.05, 3.63) is 0 Å². The maximum absolute atomic E-state index is 12.0. The zero-order valence-electron chi connectivity index (χ0n) is 26.5. The molecule has 0 spiro atoms. The lowest BCUT2D eigenvalue weighted by Crippen LogP contribution is -2.43. The van der Waals surface area contributed by atoms with Gasteiger partial charge in [-0.2, -0.15) is 0 Å². The Labute approximate surface area is 237 Å². The van der Waals surface area contributed by atoms with Crippen molar-refractivity contribution in [2.24, 2.45) is 0 Å². The van der Waals surface area contributed by atoms with Gasteiger partial charge in [-0.15, -0.1) is 0 Å². The fourth-order valence-corrected chi connectivity index (χ4v) is 4.71. The van der Waals surface area contributed by atoms with Crippen molar-refractivity contribution in [3.8, 4) is 0 Å². The summed E-state index contributed by atoms with van der Waals surface area (Å²) >= 11 is 0. The summed E-state index contributed by atoms with van der Waals surface area (Å²) < 4.78 is 12.8. The molecular formula is C32H66N2O4+2. The summed E-state index contributed by atoms with van der Waals surface area (Å²) in [5.74, 6) is -0.184. The second-order valence-electron chi connectivity index (χ2n) is 12.7. The summed E-state index contributed by atoms with van der Waals surface area (Å²) in [6.07, 6.45) is 20.2. The number of hydrogen-bond donors (Lipinski definition) is 0. The van der Waals surface area contributed by atoms with Crippen LogP contribution < -0.4 is 0 Å². The van der Waals surface area contributed by atoms with Gasteiger partial charge in [0.25, 0.3) is 0 Å². The smallest absolute Gasteiger partial charge is 0.305 e. The van der Waals surface area contributed by atoms with Crippen molar-refractivity contribution < 1.29 is 28.0 Å². The molecule has 0 aliphatic rings. The van der Waals surface area contributed by atoms with E-state index >= 15 is 0 Å². The number of unbranched alkanes of at least 4 members (excludes halogenated alkanes) is 13. The van der Waals surface area contributed by atoms with E-state index in [0.717, 1.165) is 60.8 Å². The van der Waals surface area contributed by atoms with Crippen LogP contribution in [0.15, 0.2) is 0 Å². The van der Waals surface area contributed by atoms with Gasteiger partial charge in [0.1, 0.15) is 26.3 Å². The zero-order valence-corrected chi connectivity index (χ0v) is 26.5. The van der Waals surface area contributed by atoms with Gasteiger partial charge in [-0.05, 0) is 38.5 Å². The first-order valence-corrected chi connectivity index (χ1v) is 16.1. The number of carbonyl (C=O) groups excluding carboxylic acids is 2. The van der Waals surface area contributed by atoms with Crippen molar-refractivity contribution in [1.29, 1.82) is 0 Å². The van der Waals surface area contributed by atoms with Crippen LogP contribution in [-0.4, -0.2) is 88.5 Å². The van der Waals surface area contributed by atoms with Gasteiger partial charge in [-0.1, -0.05) is 78.1 Å². The first-order chi connectivity index (χ1) is 18.1. The third-order valence-electron chi connectivity index (χ3n) is 7.67. The molecule has 0 atom stereocenters. The molecule has 0 saturated carbocycles. The normalized spacial score (nSPS) is 12.1. The number of nitrogens with zero attached hydrogens (tertiary/aromatic N) is 2. The van der Waals surface area contributed by atoms with Gasteiger partial charge >= 0.3 is 11.9 Å². The molecule has 6 nitrogen and oxygen atoms in total. The Kier molecular flexibility index (Phi) is 23.0. The lowest BCUT2D eigenvalue weighted by molar-refractivity contribution is -0.890. The van der Waals surface area contributed by atoms with E-state index in [4.69, 9.17) is 9.47 Å². The molecule has 0 rings (SSSR count). The number of hydrogen-bond acceptors (Lipinski definition) is 4. The standard InChI is InChI=1S/C32H66N2O4/c1-7-9-11-13-17-21-25-33(3,4)27-29-37-31(35)23-19-15-16-20-24-32(36)38-30-28-34(5,6)26-22-18-14-12-10-8-2/h7-30H2,1-6H3/q+2. The van der Waals surface area contributed by atoms with Crippen LogP contribution in [0, 0.1) is 0 Å². The first-order valence-electron chi connectivity index (χ1n) is 16.1. The number of ether oxygens (including phenoxy) is 2. The Morgan fingerprint density at radius 2 is 0.763 bits per heavy atom. The topological polar surface area (TPSA) is 52.6 Å². The lowest BCUT2D eigenvalue weighted by Gasteiger charge is -2.29. The quantitative estimate of drug-likeness (QED) is 0.0621. The highest BCUT2D eigenvalue weighted by Crippen LogP contribution is 2.11. The van der Waals surface area contributed by atoms with E-state index in [2.05, 4.69) is 42.0 Å². The van der Waals surface area contributed by atoms with Gasteiger partial charge in [0.2, 0.25) is 0 Å². The van der Waals surface area contributed by atoms with Crippen LogP contribution in [0.1, 0.15) is 129 Å². The Bertz CT molecular complexity index is 528. The number of esters is 2. The average molecular weight is 543 g/mol. The minimum absolute atomic E-state index is 0.0920. The van der Waals surface area contributed by atoms with Crippen molar-refractivity contribution in [1.82, 2.24) is 0 Å². The molecule has 0 radical (unpaired) electrons. The molecule has 0 aromatic rings. The Hall–Kier alpha value is -1.14. The number of carbonyl (C=O) groups is 2. The fraction of sp³-hybridized carbons (Fsp3) is 0.938. The van der Waals surface area contributed by atoms with Crippen molar-refractivity contribution in [2.75, 3.05) is 67.6 Å². The number of quaternary nitrogens is 2. The summed E-state index contributed by atoms with van der Waals surface area (Å²) in [7, 11) is 8.89. The Balaban J connectivity index is 3.66. The van der Waals surface area contributed by atoms with Crippen LogP contribution in [0.3, 0.4) is 0 Å². The maximum Gasteiger partial charge on any atom is 0.305 e. The number of rotatable bonds is 27. The predicted octanol–water partition coefficient (Wildman–Crippen LogP) is 7.29. The lowest BCUT2D eigenvalue weighted by atomic mass is 10.1. The van der Waals surface area contributed by atoms with E-state index in [1.54, 1.807) is 0 Å². The predicted molar refractivity (Wildman–Crippen MR) is 160 cm³/mol. The van der Waals surface area contributed by atoms with Gasteiger partial charge < -0.3 is 18.4 Å². The van der Waals surface area contributed by atoms with Gasteiger partial charge in [0.05, 0.1) is 41.3 Å². The molecule has 226 valence electrons. The van der Waals surface area contributed by atoms with E-state index in [1.165, 1.54) is 77.0 Å². The Morgan fingerprint density at radius 3 is 1.13 bits per heavy atom. The molecule has 0 fully saturated rings. The summed E-state index contributed by atoms with van der Waals surface area (Å²) in [5, 5.41) is 0. The molecule has 0 N–H and O–H groups in total. The van der Waals surface area contributed by atoms with Crippen LogP contribution in [0.2, 0.25) is 0 Å². The van der Waals surface area contributed by atoms with Gasteiger partial charge in [-0.3, -0.25) is 9.59 Å². The molecule has 0 aromatic heterocycles. The minimum atomic E-state index is -0.0920. The van der Waals surface area contributed by atoms with E-state index in [0.29, 0.717) is 26.1 Å². The first kappa shape index (κ1) is 36.9. The molecule has 0 amide bonds. The van der Waals surface area contributed by atoms with Crippen LogP contribution >= 0.6 is 0 Å². The van der Waals surface area contributed by atoms with Gasteiger partial charge in [0, 0.05) is 12.8 Å². The SMILES string of the molecule is CCCCCCCC[N+](C)(C)CCOC(=O)CCCCCCC(=O)OCC[N+](C)(C)CCCCCCCC. The monoisotopic (exact) mass is 543 g/mol. The van der Waals surface area contributed by atoms with E-state index in [9.17, 15) is 9.59 Å². The Morgan fingerprint density at radius 1 is 0.447 bits per heavy atom. The van der Waals surface area contributed by atoms with Crippen LogP contribution in [0.4, 0.5) is 0 Å². The summed E-state index contributed by atoms with van der Waals surface area (Å²) in [4.78, 5) is 24.1. The molecule has 0 aliphatic heterocycles. The van der Waals surface area contributed by atoms with E-state index < -0.39 is 0 Å². The van der Waals surface area contributed by atoms with Gasteiger partial charge in [0.15, 0.2) is 0 Å². The van der Waals surface area contributed by atoms with Crippen LogP contribution in [0.25, 0.3) is 0 Å². The molecule has 0 aromatic carbocycles. The molecule has 6 heteroatoms. The highest BCUT2D eigenvalue weighted by Gasteiger charge is 2.16. The summed E-state index contributed by atoms with van der Waals surface area (Å²) in [5.41, 5.74) is 0. The zero-order chi connectivity index (χ0) is 28.5. The van der Waals surface area contributed by atoms with Gasteiger partial charge in [-0.25, -0.2) is 0 Å². The van der Waals surface area contributed by atoms with Crippen LogP contribution in [-0.2, 0) is 19.1 Å².